The Hall–Kier alpha value is -1.26. The second-order valence-electron chi connectivity index (χ2n) is 4.29. The fourth-order valence-corrected chi connectivity index (χ4v) is 2.88. The predicted octanol–water partition coefficient (Wildman–Crippen LogP) is 4.02. The normalized spacial score (nSPS) is 12.7. The minimum absolute atomic E-state index is 0.416. The van der Waals surface area contributed by atoms with Crippen LogP contribution in [0.2, 0.25) is 0 Å². The Labute approximate surface area is 109 Å². The van der Waals surface area contributed by atoms with E-state index in [1.54, 1.807) is 17.4 Å². The molecule has 1 heterocycles. The van der Waals surface area contributed by atoms with Gasteiger partial charge in [0.2, 0.25) is 0 Å². The molecule has 2 rings (SSSR count). The van der Waals surface area contributed by atoms with E-state index in [9.17, 15) is 8.78 Å². The number of thiophene rings is 1. The SMILES string of the molecule is CNCC(C)c1ccc(-c2ccc(F)c(F)c2)s1. The van der Waals surface area contributed by atoms with Crippen molar-refractivity contribution in [2.75, 3.05) is 13.6 Å². The van der Waals surface area contributed by atoms with Gasteiger partial charge in [-0.1, -0.05) is 13.0 Å². The number of hydrogen-bond donors (Lipinski definition) is 1. The van der Waals surface area contributed by atoms with Crippen LogP contribution in [0.4, 0.5) is 8.78 Å². The molecule has 1 unspecified atom stereocenters. The summed E-state index contributed by atoms with van der Waals surface area (Å²) in [5.41, 5.74) is 0.724. The molecule has 0 spiro atoms. The maximum atomic E-state index is 13.2. The largest absolute Gasteiger partial charge is 0.319 e. The maximum absolute atomic E-state index is 13.2. The zero-order chi connectivity index (χ0) is 13.1. The highest BCUT2D eigenvalue weighted by molar-refractivity contribution is 7.15. The average Bonchev–Trinajstić information content (AvgIpc) is 2.82. The lowest BCUT2D eigenvalue weighted by Gasteiger charge is -2.07. The monoisotopic (exact) mass is 267 g/mol. The van der Waals surface area contributed by atoms with Gasteiger partial charge >= 0.3 is 0 Å². The van der Waals surface area contributed by atoms with Crippen LogP contribution in [0.15, 0.2) is 30.3 Å². The van der Waals surface area contributed by atoms with Gasteiger partial charge in [-0.15, -0.1) is 11.3 Å². The molecule has 0 saturated heterocycles. The van der Waals surface area contributed by atoms with Crippen LogP contribution < -0.4 is 5.32 Å². The molecule has 0 aliphatic carbocycles. The molecule has 1 nitrogen and oxygen atoms in total. The second kappa shape index (κ2) is 5.59. The van der Waals surface area contributed by atoms with E-state index in [2.05, 4.69) is 12.2 Å². The summed E-state index contributed by atoms with van der Waals surface area (Å²) in [6.45, 7) is 3.04. The number of hydrogen-bond acceptors (Lipinski definition) is 2. The molecular formula is C14H15F2NS. The van der Waals surface area contributed by atoms with Crippen molar-refractivity contribution in [3.8, 4) is 10.4 Å². The number of halogens is 2. The van der Waals surface area contributed by atoms with E-state index in [1.165, 1.54) is 17.0 Å². The molecule has 18 heavy (non-hydrogen) atoms. The zero-order valence-electron chi connectivity index (χ0n) is 10.3. The van der Waals surface area contributed by atoms with Gasteiger partial charge in [-0.2, -0.15) is 0 Å². The fraction of sp³-hybridized carbons (Fsp3) is 0.286. The fourth-order valence-electron chi connectivity index (χ4n) is 1.83. The molecule has 1 N–H and O–H groups in total. The number of nitrogens with one attached hydrogen (secondary N) is 1. The maximum Gasteiger partial charge on any atom is 0.159 e. The molecule has 0 aliphatic heterocycles. The first-order valence-electron chi connectivity index (χ1n) is 5.81. The van der Waals surface area contributed by atoms with Crippen molar-refractivity contribution in [3.05, 3.63) is 46.8 Å². The van der Waals surface area contributed by atoms with Crippen molar-refractivity contribution in [1.29, 1.82) is 0 Å². The molecule has 4 heteroatoms. The predicted molar refractivity (Wildman–Crippen MR) is 72.0 cm³/mol. The van der Waals surface area contributed by atoms with E-state index in [1.807, 2.05) is 19.2 Å². The van der Waals surface area contributed by atoms with Crippen LogP contribution in [0, 0.1) is 11.6 Å². The summed E-state index contributed by atoms with van der Waals surface area (Å²) in [7, 11) is 1.92. The number of likely N-dealkylation sites (N-methyl/N-ethyl adjacent to an activating group) is 1. The molecule has 1 atom stereocenters. The van der Waals surface area contributed by atoms with Gasteiger partial charge in [0.15, 0.2) is 11.6 Å². The lowest BCUT2D eigenvalue weighted by atomic mass is 10.1. The van der Waals surface area contributed by atoms with Gasteiger partial charge in [-0.25, -0.2) is 8.78 Å². The Morgan fingerprint density at radius 2 is 1.94 bits per heavy atom. The first-order chi connectivity index (χ1) is 8.61. The molecular weight excluding hydrogens is 252 g/mol. The van der Waals surface area contributed by atoms with Crippen LogP contribution >= 0.6 is 11.3 Å². The van der Waals surface area contributed by atoms with E-state index < -0.39 is 11.6 Å². The molecule has 0 saturated carbocycles. The Morgan fingerprint density at radius 1 is 1.17 bits per heavy atom. The molecule has 2 aromatic rings. The quantitative estimate of drug-likeness (QED) is 0.882. The lowest BCUT2D eigenvalue weighted by molar-refractivity contribution is 0.509. The number of benzene rings is 1. The van der Waals surface area contributed by atoms with E-state index >= 15 is 0 Å². The number of rotatable bonds is 4. The summed E-state index contributed by atoms with van der Waals surface area (Å²) in [5.74, 6) is -1.19. The van der Waals surface area contributed by atoms with Gasteiger partial charge in [-0.05, 0) is 36.9 Å². The van der Waals surface area contributed by atoms with E-state index in [4.69, 9.17) is 0 Å². The lowest BCUT2D eigenvalue weighted by Crippen LogP contribution is -2.13. The minimum Gasteiger partial charge on any atom is -0.319 e. The third kappa shape index (κ3) is 2.76. The van der Waals surface area contributed by atoms with Crippen LogP contribution in [-0.2, 0) is 0 Å². The topological polar surface area (TPSA) is 12.0 Å². The Bertz CT molecular complexity index is 536. The first kappa shape index (κ1) is 13.2. The van der Waals surface area contributed by atoms with Crippen molar-refractivity contribution in [2.24, 2.45) is 0 Å². The molecule has 0 aliphatic rings. The molecule has 0 bridgehead atoms. The molecule has 0 fully saturated rings. The van der Waals surface area contributed by atoms with Crippen LogP contribution in [0.3, 0.4) is 0 Å². The summed E-state index contributed by atoms with van der Waals surface area (Å²) < 4.78 is 26.0. The van der Waals surface area contributed by atoms with Gasteiger partial charge in [0.1, 0.15) is 0 Å². The Balaban J connectivity index is 2.26. The van der Waals surface area contributed by atoms with Crippen molar-refractivity contribution < 1.29 is 8.78 Å². The van der Waals surface area contributed by atoms with Crippen molar-refractivity contribution >= 4 is 11.3 Å². The molecule has 0 radical (unpaired) electrons. The van der Waals surface area contributed by atoms with Gasteiger partial charge in [0, 0.05) is 22.2 Å². The van der Waals surface area contributed by atoms with Crippen molar-refractivity contribution in [2.45, 2.75) is 12.8 Å². The van der Waals surface area contributed by atoms with Crippen LogP contribution in [0.25, 0.3) is 10.4 Å². The van der Waals surface area contributed by atoms with Crippen LogP contribution in [-0.4, -0.2) is 13.6 Å². The standard InChI is InChI=1S/C14H15F2NS/c1-9(8-17-2)13-5-6-14(18-13)10-3-4-11(15)12(16)7-10/h3-7,9,17H,8H2,1-2H3. The third-order valence-electron chi connectivity index (χ3n) is 2.83. The summed E-state index contributed by atoms with van der Waals surface area (Å²) in [6, 6.07) is 8.02. The molecule has 1 aromatic heterocycles. The summed E-state index contributed by atoms with van der Waals surface area (Å²) in [6.07, 6.45) is 0. The van der Waals surface area contributed by atoms with Gasteiger partial charge in [0.05, 0.1) is 0 Å². The van der Waals surface area contributed by atoms with Gasteiger partial charge in [0.25, 0.3) is 0 Å². The molecule has 1 aromatic carbocycles. The van der Waals surface area contributed by atoms with Gasteiger partial charge < -0.3 is 5.32 Å². The van der Waals surface area contributed by atoms with Crippen LogP contribution in [0.1, 0.15) is 17.7 Å². The van der Waals surface area contributed by atoms with E-state index in [0.29, 0.717) is 5.92 Å². The van der Waals surface area contributed by atoms with Crippen LogP contribution in [0.5, 0.6) is 0 Å². The summed E-state index contributed by atoms with van der Waals surface area (Å²) in [4.78, 5) is 2.20. The van der Waals surface area contributed by atoms with Crippen molar-refractivity contribution in [3.63, 3.8) is 0 Å². The van der Waals surface area contributed by atoms with Crippen molar-refractivity contribution in [1.82, 2.24) is 5.32 Å². The highest BCUT2D eigenvalue weighted by atomic mass is 32.1. The summed E-state index contributed by atoms with van der Waals surface area (Å²) >= 11 is 1.62. The highest BCUT2D eigenvalue weighted by Gasteiger charge is 2.10. The summed E-state index contributed by atoms with van der Waals surface area (Å²) in [5, 5.41) is 3.13. The third-order valence-corrected chi connectivity index (χ3v) is 4.19. The molecule has 96 valence electrons. The zero-order valence-corrected chi connectivity index (χ0v) is 11.2. The van der Waals surface area contributed by atoms with E-state index in [0.717, 1.165) is 17.0 Å². The molecule has 0 amide bonds. The average molecular weight is 267 g/mol. The van der Waals surface area contributed by atoms with Gasteiger partial charge in [-0.3, -0.25) is 0 Å². The second-order valence-corrected chi connectivity index (χ2v) is 5.40. The Morgan fingerprint density at radius 3 is 2.61 bits per heavy atom. The van der Waals surface area contributed by atoms with E-state index in [-0.39, 0.29) is 0 Å². The first-order valence-corrected chi connectivity index (χ1v) is 6.63. The highest BCUT2D eigenvalue weighted by Crippen LogP contribution is 2.32. The Kier molecular flexibility index (Phi) is 4.09. The minimum atomic E-state index is -0.806. The smallest absolute Gasteiger partial charge is 0.159 e.